The molecule has 0 aliphatic rings. The van der Waals surface area contributed by atoms with Gasteiger partial charge in [-0.15, -0.1) is 0 Å². The lowest BCUT2D eigenvalue weighted by molar-refractivity contribution is -0.119. The number of benzene rings is 2. The van der Waals surface area contributed by atoms with Crippen molar-refractivity contribution in [2.45, 2.75) is 19.9 Å². The molecule has 2 aromatic carbocycles. The molecule has 1 unspecified atom stereocenters. The Morgan fingerprint density at radius 3 is 2.75 bits per heavy atom. The second-order valence-corrected chi connectivity index (χ2v) is 5.57. The van der Waals surface area contributed by atoms with Gasteiger partial charge in [-0.1, -0.05) is 24.3 Å². The van der Waals surface area contributed by atoms with Crippen LogP contribution in [0.1, 0.15) is 18.5 Å². The zero-order valence-electron chi connectivity index (χ0n) is 13.6. The van der Waals surface area contributed by atoms with Gasteiger partial charge < -0.3 is 10.1 Å². The number of aryl methyl sites for hydroxylation is 1. The lowest BCUT2D eigenvalue weighted by atomic mass is 10.2. The van der Waals surface area contributed by atoms with Crippen molar-refractivity contribution in [3.05, 3.63) is 72.6 Å². The Kier molecular flexibility index (Phi) is 4.61. The molecule has 5 heteroatoms. The van der Waals surface area contributed by atoms with Gasteiger partial charge in [-0.2, -0.15) is 5.10 Å². The fraction of sp³-hybridized carbons (Fsp3) is 0.158. The molecule has 0 aliphatic carbocycles. The minimum absolute atomic E-state index is 0.154. The molecule has 1 amide bonds. The summed E-state index contributed by atoms with van der Waals surface area (Å²) >= 11 is 0. The normalized spacial score (nSPS) is 11.8. The van der Waals surface area contributed by atoms with Gasteiger partial charge in [0.15, 0.2) is 5.75 Å². The molecule has 3 aromatic rings. The van der Waals surface area contributed by atoms with Gasteiger partial charge in [0.05, 0.1) is 5.69 Å². The quantitative estimate of drug-likeness (QED) is 0.767. The van der Waals surface area contributed by atoms with E-state index in [2.05, 4.69) is 10.4 Å². The molecule has 0 radical (unpaired) electrons. The Morgan fingerprint density at radius 1 is 1.17 bits per heavy atom. The molecule has 0 fully saturated rings. The summed E-state index contributed by atoms with van der Waals surface area (Å²) in [6.07, 6.45) is 3.41. The fourth-order valence-corrected chi connectivity index (χ4v) is 2.33. The monoisotopic (exact) mass is 321 g/mol. The van der Waals surface area contributed by atoms with E-state index in [0.29, 0.717) is 11.4 Å². The first-order valence-electron chi connectivity index (χ1n) is 7.77. The molecule has 5 nitrogen and oxygen atoms in total. The van der Waals surface area contributed by atoms with E-state index in [0.717, 1.165) is 11.3 Å². The standard InChI is InChI=1S/C19H19N3O2/c1-14-7-5-8-16(13-14)24-18-10-4-3-9-17(18)21-19(23)15(2)22-12-6-11-20-22/h3-13,15H,1-2H3,(H,21,23). The Balaban J connectivity index is 1.78. The highest BCUT2D eigenvalue weighted by Gasteiger charge is 2.17. The van der Waals surface area contributed by atoms with Gasteiger partial charge in [0.1, 0.15) is 11.8 Å². The van der Waals surface area contributed by atoms with Crippen molar-refractivity contribution in [3.63, 3.8) is 0 Å². The number of carbonyl (C=O) groups excluding carboxylic acids is 1. The molecule has 0 aliphatic heterocycles. The molecule has 1 heterocycles. The third kappa shape index (κ3) is 3.63. The Bertz CT molecular complexity index is 828. The number of nitrogens with zero attached hydrogens (tertiary/aromatic N) is 2. The van der Waals surface area contributed by atoms with Gasteiger partial charge >= 0.3 is 0 Å². The van der Waals surface area contributed by atoms with Crippen LogP contribution in [0.4, 0.5) is 5.69 Å². The Morgan fingerprint density at radius 2 is 2.00 bits per heavy atom. The maximum Gasteiger partial charge on any atom is 0.249 e. The van der Waals surface area contributed by atoms with Crippen LogP contribution in [0.25, 0.3) is 0 Å². The number of nitrogens with one attached hydrogen (secondary N) is 1. The van der Waals surface area contributed by atoms with E-state index in [1.54, 1.807) is 30.1 Å². The summed E-state index contributed by atoms with van der Waals surface area (Å²) in [6, 6.07) is 16.5. The second-order valence-electron chi connectivity index (χ2n) is 5.57. The van der Waals surface area contributed by atoms with Crippen molar-refractivity contribution in [2.75, 3.05) is 5.32 Å². The first-order chi connectivity index (χ1) is 11.6. The topological polar surface area (TPSA) is 56.1 Å². The smallest absolute Gasteiger partial charge is 0.249 e. The molecule has 0 bridgehead atoms. The molecule has 0 spiro atoms. The summed E-state index contributed by atoms with van der Waals surface area (Å²) in [5.74, 6) is 1.18. The molecule has 0 saturated carbocycles. The molecule has 3 rings (SSSR count). The van der Waals surface area contributed by atoms with E-state index in [1.807, 2.05) is 55.5 Å². The minimum Gasteiger partial charge on any atom is -0.455 e. The van der Waals surface area contributed by atoms with E-state index in [-0.39, 0.29) is 5.91 Å². The lowest BCUT2D eigenvalue weighted by Gasteiger charge is -2.15. The van der Waals surface area contributed by atoms with E-state index in [9.17, 15) is 4.79 Å². The van der Waals surface area contributed by atoms with E-state index in [1.165, 1.54) is 0 Å². The van der Waals surface area contributed by atoms with Gasteiger partial charge in [0.25, 0.3) is 0 Å². The molecule has 24 heavy (non-hydrogen) atoms. The summed E-state index contributed by atoms with van der Waals surface area (Å²) in [5.41, 5.74) is 1.74. The first kappa shape index (κ1) is 15.8. The predicted octanol–water partition coefficient (Wildman–Crippen LogP) is 4.18. The number of carbonyl (C=O) groups is 1. The van der Waals surface area contributed by atoms with Crippen molar-refractivity contribution < 1.29 is 9.53 Å². The minimum atomic E-state index is -0.410. The molecule has 0 saturated heterocycles. The number of para-hydroxylation sites is 2. The summed E-state index contributed by atoms with van der Waals surface area (Å²) < 4.78 is 7.53. The largest absolute Gasteiger partial charge is 0.455 e. The highest BCUT2D eigenvalue weighted by molar-refractivity contribution is 5.94. The zero-order chi connectivity index (χ0) is 16.9. The highest BCUT2D eigenvalue weighted by atomic mass is 16.5. The number of anilines is 1. The third-order valence-corrected chi connectivity index (χ3v) is 3.66. The summed E-state index contributed by atoms with van der Waals surface area (Å²) in [5, 5.41) is 7.01. The van der Waals surface area contributed by atoms with Crippen LogP contribution in [0.5, 0.6) is 11.5 Å². The zero-order valence-corrected chi connectivity index (χ0v) is 13.6. The molecule has 1 N–H and O–H groups in total. The number of aromatic nitrogens is 2. The SMILES string of the molecule is Cc1cccc(Oc2ccccc2NC(=O)C(C)n2cccn2)c1. The van der Waals surface area contributed by atoms with Crippen molar-refractivity contribution in [2.24, 2.45) is 0 Å². The van der Waals surface area contributed by atoms with Crippen molar-refractivity contribution in [1.29, 1.82) is 0 Å². The fourth-order valence-electron chi connectivity index (χ4n) is 2.33. The number of hydrogen-bond acceptors (Lipinski definition) is 3. The van der Waals surface area contributed by atoms with E-state index >= 15 is 0 Å². The van der Waals surface area contributed by atoms with Gasteiger partial charge in [-0.05, 0) is 49.7 Å². The van der Waals surface area contributed by atoms with Crippen LogP contribution in [0, 0.1) is 6.92 Å². The second kappa shape index (κ2) is 7.00. The van der Waals surface area contributed by atoms with Crippen LogP contribution >= 0.6 is 0 Å². The average molecular weight is 321 g/mol. The average Bonchev–Trinajstić information content (AvgIpc) is 3.10. The molecular weight excluding hydrogens is 302 g/mol. The number of hydrogen-bond donors (Lipinski definition) is 1. The van der Waals surface area contributed by atoms with Crippen LogP contribution in [-0.2, 0) is 4.79 Å². The third-order valence-electron chi connectivity index (χ3n) is 3.66. The van der Waals surface area contributed by atoms with Gasteiger partial charge in [0.2, 0.25) is 5.91 Å². The summed E-state index contributed by atoms with van der Waals surface area (Å²) in [4.78, 5) is 12.4. The van der Waals surface area contributed by atoms with Crippen LogP contribution in [0.15, 0.2) is 67.0 Å². The van der Waals surface area contributed by atoms with Gasteiger partial charge in [-0.25, -0.2) is 0 Å². The maximum atomic E-state index is 12.4. The highest BCUT2D eigenvalue weighted by Crippen LogP contribution is 2.30. The number of rotatable bonds is 5. The van der Waals surface area contributed by atoms with Gasteiger partial charge in [0, 0.05) is 12.4 Å². The lowest BCUT2D eigenvalue weighted by Crippen LogP contribution is -2.24. The molecule has 122 valence electrons. The van der Waals surface area contributed by atoms with Crippen molar-refractivity contribution >= 4 is 11.6 Å². The van der Waals surface area contributed by atoms with E-state index < -0.39 is 6.04 Å². The van der Waals surface area contributed by atoms with Crippen LogP contribution < -0.4 is 10.1 Å². The predicted molar refractivity (Wildman–Crippen MR) is 93.3 cm³/mol. The Labute approximate surface area is 140 Å². The van der Waals surface area contributed by atoms with Crippen molar-refractivity contribution in [3.8, 4) is 11.5 Å². The summed E-state index contributed by atoms with van der Waals surface area (Å²) in [7, 11) is 0. The van der Waals surface area contributed by atoms with Gasteiger partial charge in [-0.3, -0.25) is 9.48 Å². The summed E-state index contributed by atoms with van der Waals surface area (Å²) in [6.45, 7) is 3.80. The molecule has 1 atom stereocenters. The molecular formula is C19H19N3O2. The Hall–Kier alpha value is -3.08. The van der Waals surface area contributed by atoms with Crippen LogP contribution in [0.2, 0.25) is 0 Å². The maximum absolute atomic E-state index is 12.4. The number of amides is 1. The van der Waals surface area contributed by atoms with Crippen LogP contribution in [-0.4, -0.2) is 15.7 Å². The van der Waals surface area contributed by atoms with E-state index in [4.69, 9.17) is 4.74 Å². The van der Waals surface area contributed by atoms with Crippen LogP contribution in [0.3, 0.4) is 0 Å². The van der Waals surface area contributed by atoms with Crippen molar-refractivity contribution in [1.82, 2.24) is 9.78 Å². The molecule has 1 aromatic heterocycles. The first-order valence-corrected chi connectivity index (χ1v) is 7.77. The number of ether oxygens (including phenoxy) is 1.